The van der Waals surface area contributed by atoms with Crippen molar-refractivity contribution >= 4 is 28.4 Å². The normalized spacial score (nSPS) is 24.1. The molecule has 2 nitrogen and oxygen atoms in total. The van der Waals surface area contributed by atoms with Crippen LogP contribution in [-0.2, 0) is 18.3 Å². The van der Waals surface area contributed by atoms with Crippen molar-refractivity contribution in [3.8, 4) is 0 Å². The molecule has 0 spiro atoms. The third-order valence-corrected chi connectivity index (χ3v) is 9.94. The van der Waals surface area contributed by atoms with Gasteiger partial charge in [-0.2, -0.15) is 0 Å². The minimum atomic E-state index is 0.137. The van der Waals surface area contributed by atoms with Crippen LogP contribution in [0, 0.1) is 5.92 Å². The van der Waals surface area contributed by atoms with Gasteiger partial charge in [0.25, 0.3) is 0 Å². The number of hydrogen-bond acceptors (Lipinski definition) is 2. The Hall–Kier alpha value is -3.78. The molecule has 3 atom stereocenters. The Kier molecular flexibility index (Phi) is 5.11. The van der Waals surface area contributed by atoms with Crippen LogP contribution in [0.4, 0.5) is 5.69 Å². The zero-order chi connectivity index (χ0) is 26.1. The molecule has 0 N–H and O–H groups in total. The first-order chi connectivity index (χ1) is 19.1. The lowest BCUT2D eigenvalue weighted by Gasteiger charge is -2.43. The van der Waals surface area contributed by atoms with Gasteiger partial charge >= 0.3 is 0 Å². The van der Waals surface area contributed by atoms with E-state index in [-0.39, 0.29) is 11.5 Å². The van der Waals surface area contributed by atoms with Gasteiger partial charge in [-0.1, -0.05) is 98.8 Å². The predicted molar refractivity (Wildman–Crippen MR) is 162 cm³/mol. The van der Waals surface area contributed by atoms with Crippen LogP contribution in [-0.4, -0.2) is 6.04 Å². The molecule has 0 aliphatic heterocycles. The van der Waals surface area contributed by atoms with Gasteiger partial charge in [0.05, 0.1) is 17.1 Å². The summed E-state index contributed by atoms with van der Waals surface area (Å²) in [6, 6.07) is 25.1. The highest BCUT2D eigenvalue weighted by atomic mass is 16.3. The first-order valence-electron chi connectivity index (χ1n) is 14.7. The van der Waals surface area contributed by atoms with Crippen molar-refractivity contribution in [3.63, 3.8) is 0 Å². The summed E-state index contributed by atoms with van der Waals surface area (Å²) in [5, 5.41) is 1.26. The fourth-order valence-electron chi connectivity index (χ4n) is 8.06. The smallest absolute Gasteiger partial charge is 0.137 e. The number of nitrogens with zero attached hydrogens (tertiary/aromatic N) is 1. The Morgan fingerprint density at radius 1 is 0.872 bits per heavy atom. The minimum Gasteiger partial charge on any atom is -0.460 e. The topological polar surface area (TPSA) is 16.4 Å². The molecule has 0 radical (unpaired) electrons. The molecule has 0 bridgehead atoms. The lowest BCUT2D eigenvalue weighted by Crippen LogP contribution is -2.40. The molecule has 1 heterocycles. The molecule has 8 rings (SSSR count). The second-order valence-corrected chi connectivity index (χ2v) is 12.3. The van der Waals surface area contributed by atoms with E-state index in [9.17, 15) is 0 Å². The van der Waals surface area contributed by atoms with E-state index in [2.05, 4.69) is 116 Å². The van der Waals surface area contributed by atoms with Crippen molar-refractivity contribution in [2.75, 3.05) is 4.90 Å². The van der Waals surface area contributed by atoms with E-state index >= 15 is 0 Å². The summed E-state index contributed by atoms with van der Waals surface area (Å²) in [7, 11) is 0. The third-order valence-electron chi connectivity index (χ3n) is 9.94. The molecular weight excluding hydrogens is 474 g/mol. The van der Waals surface area contributed by atoms with Crippen molar-refractivity contribution in [3.05, 3.63) is 125 Å². The van der Waals surface area contributed by atoms with Gasteiger partial charge < -0.3 is 9.32 Å². The van der Waals surface area contributed by atoms with Gasteiger partial charge in [0.15, 0.2) is 0 Å². The highest BCUT2D eigenvalue weighted by molar-refractivity contribution is 6.03. The van der Waals surface area contributed by atoms with Crippen molar-refractivity contribution < 1.29 is 4.42 Å². The van der Waals surface area contributed by atoms with Gasteiger partial charge in [0.1, 0.15) is 11.3 Å². The third kappa shape index (κ3) is 3.40. The van der Waals surface area contributed by atoms with Crippen LogP contribution in [0.2, 0.25) is 0 Å². The number of rotatable bonds is 3. The van der Waals surface area contributed by atoms with Crippen LogP contribution in [0.1, 0.15) is 72.6 Å². The van der Waals surface area contributed by atoms with E-state index in [4.69, 9.17) is 4.42 Å². The van der Waals surface area contributed by atoms with Gasteiger partial charge in [-0.15, -0.1) is 0 Å². The van der Waals surface area contributed by atoms with Gasteiger partial charge in [-0.3, -0.25) is 0 Å². The molecule has 2 heteroatoms. The molecular formula is C37H35NO. The molecule has 0 saturated carbocycles. The van der Waals surface area contributed by atoms with Crippen molar-refractivity contribution in [1.82, 2.24) is 0 Å². The predicted octanol–water partition coefficient (Wildman–Crippen LogP) is 9.21. The van der Waals surface area contributed by atoms with E-state index in [0.717, 1.165) is 43.4 Å². The Labute approximate surface area is 231 Å². The molecule has 0 saturated heterocycles. The molecule has 3 unspecified atom stereocenters. The van der Waals surface area contributed by atoms with E-state index in [1.165, 1.54) is 44.6 Å². The standard InChI is InChI=1S/C37H35NO/c1-37(2)30-16-7-5-14-27(30)28-22-21-25(23-31(28)37)38(32-17-9-12-24-11-3-4-13-26(24)32)33-18-10-20-35-36(33)29-15-6-8-19-34(29)39-35/h3-7,10-11,13-18,20-22,25,28,31H,8-9,12,19,23H2,1-2H3. The fraction of sp³-hybridized carbons (Fsp3) is 0.297. The maximum atomic E-state index is 6.45. The minimum absolute atomic E-state index is 0.137. The zero-order valence-electron chi connectivity index (χ0n) is 22.9. The Bertz CT molecular complexity index is 1700. The molecule has 194 valence electrons. The van der Waals surface area contributed by atoms with E-state index in [0.29, 0.717) is 11.8 Å². The average Bonchev–Trinajstić information content (AvgIpc) is 3.47. The number of anilines is 1. The van der Waals surface area contributed by atoms with Crippen LogP contribution in [0.25, 0.3) is 22.7 Å². The summed E-state index contributed by atoms with van der Waals surface area (Å²) in [4.78, 5) is 2.67. The summed E-state index contributed by atoms with van der Waals surface area (Å²) in [5.41, 5.74) is 10.9. The summed E-state index contributed by atoms with van der Waals surface area (Å²) < 4.78 is 6.45. The lowest BCUT2D eigenvalue weighted by atomic mass is 9.70. The summed E-state index contributed by atoms with van der Waals surface area (Å²) in [6.45, 7) is 4.93. The number of furan rings is 1. The van der Waals surface area contributed by atoms with Crippen molar-refractivity contribution in [2.45, 2.75) is 63.3 Å². The maximum Gasteiger partial charge on any atom is 0.137 e. The Morgan fingerprint density at radius 3 is 2.69 bits per heavy atom. The van der Waals surface area contributed by atoms with Crippen molar-refractivity contribution in [1.29, 1.82) is 0 Å². The number of allylic oxidation sites excluding steroid dienone is 3. The van der Waals surface area contributed by atoms with Gasteiger partial charge in [-0.05, 0) is 65.8 Å². The monoisotopic (exact) mass is 509 g/mol. The van der Waals surface area contributed by atoms with Gasteiger partial charge in [0.2, 0.25) is 0 Å². The molecule has 4 aliphatic rings. The largest absolute Gasteiger partial charge is 0.460 e. The number of benzene rings is 3. The van der Waals surface area contributed by atoms with Gasteiger partial charge in [0, 0.05) is 29.2 Å². The lowest BCUT2D eigenvalue weighted by molar-refractivity contribution is 0.288. The molecule has 39 heavy (non-hydrogen) atoms. The van der Waals surface area contributed by atoms with Crippen LogP contribution in [0.5, 0.6) is 0 Å². The zero-order valence-corrected chi connectivity index (χ0v) is 22.9. The molecule has 0 amide bonds. The van der Waals surface area contributed by atoms with Crippen molar-refractivity contribution in [2.24, 2.45) is 5.92 Å². The average molecular weight is 510 g/mol. The molecule has 4 aliphatic carbocycles. The first kappa shape index (κ1) is 23.1. The van der Waals surface area contributed by atoms with Crippen LogP contribution in [0.15, 0.2) is 95.5 Å². The van der Waals surface area contributed by atoms with Crippen LogP contribution < -0.4 is 4.90 Å². The SMILES string of the molecule is CC1(C)c2ccccc2C2C=CC(N(C3=CCCc4ccccc43)c3cccc4oc5c(c34)C=CCC5)CC21. The summed E-state index contributed by atoms with van der Waals surface area (Å²) in [5.74, 6) is 2.18. The molecule has 4 aromatic rings. The van der Waals surface area contributed by atoms with E-state index in [1.807, 2.05) is 0 Å². The van der Waals surface area contributed by atoms with E-state index < -0.39 is 0 Å². The van der Waals surface area contributed by atoms with Gasteiger partial charge in [-0.25, -0.2) is 0 Å². The fourth-order valence-corrected chi connectivity index (χ4v) is 8.06. The maximum absolute atomic E-state index is 6.45. The second kappa shape index (κ2) is 8.61. The van der Waals surface area contributed by atoms with Crippen LogP contribution in [0.3, 0.4) is 0 Å². The first-order valence-corrected chi connectivity index (χ1v) is 14.7. The van der Waals surface area contributed by atoms with E-state index in [1.54, 1.807) is 0 Å². The highest BCUT2D eigenvalue weighted by Crippen LogP contribution is 2.56. The number of fused-ring (bicyclic) bond motifs is 7. The molecule has 3 aromatic carbocycles. The Morgan fingerprint density at radius 2 is 1.74 bits per heavy atom. The molecule has 0 fully saturated rings. The number of aryl methyl sites for hydroxylation is 2. The Balaban J connectivity index is 1.32. The summed E-state index contributed by atoms with van der Waals surface area (Å²) >= 11 is 0. The summed E-state index contributed by atoms with van der Waals surface area (Å²) in [6.07, 6.45) is 17.4. The highest BCUT2D eigenvalue weighted by Gasteiger charge is 2.48. The number of hydrogen-bond donors (Lipinski definition) is 0. The quantitative estimate of drug-likeness (QED) is 0.256. The molecule has 1 aromatic heterocycles. The second-order valence-electron chi connectivity index (χ2n) is 12.3. The van der Waals surface area contributed by atoms with Crippen LogP contribution >= 0.6 is 0 Å².